The number of β-amino-alcohol motifs (C(OH)–C–C–N with tert-alkyl or cyclic N) is 1. The highest BCUT2D eigenvalue weighted by Gasteiger charge is 2.71. The Labute approximate surface area is 217 Å². The summed E-state index contributed by atoms with van der Waals surface area (Å²) in [4.78, 5) is 56.9. The Bertz CT molecular complexity index is 990. The molecule has 5 aliphatic rings. The lowest BCUT2D eigenvalue weighted by molar-refractivity contribution is -0.159. The molecule has 1 aliphatic carbocycles. The van der Waals surface area contributed by atoms with Crippen molar-refractivity contribution < 1.29 is 33.8 Å². The van der Waals surface area contributed by atoms with Gasteiger partial charge in [0.05, 0.1) is 25.2 Å². The standard InChI is InChI=1S/C27H37N3O7/c1-17-16-28-20(32)11-6-5-10-19-21(26(35)36-17)22-24(33)30(14-15-31)23-25(34)29(18-8-3-2-4-9-18)13-7-12-27(22,23)37-19/h5,7,10,12,17-19,21-23,31H,2-4,6,8-9,11,13-16H2,1H3,(H,28,32)/b10-5-/t17-,19-,21+,22+,23-,27+/m1/s1. The number of aliphatic hydroxyl groups is 1. The number of rotatable bonds is 3. The van der Waals surface area contributed by atoms with Crippen LogP contribution >= 0.6 is 0 Å². The van der Waals surface area contributed by atoms with Gasteiger partial charge in [0.15, 0.2) is 0 Å². The third kappa shape index (κ3) is 4.58. The van der Waals surface area contributed by atoms with Gasteiger partial charge in [-0.3, -0.25) is 19.2 Å². The van der Waals surface area contributed by atoms with Crippen LogP contribution in [-0.2, 0) is 28.7 Å². The molecule has 202 valence electrons. The molecule has 0 radical (unpaired) electrons. The molecular weight excluding hydrogens is 478 g/mol. The van der Waals surface area contributed by atoms with Crippen molar-refractivity contribution in [2.24, 2.45) is 11.8 Å². The lowest BCUT2D eigenvalue weighted by Crippen LogP contribution is -2.57. The van der Waals surface area contributed by atoms with Crippen molar-refractivity contribution in [3.05, 3.63) is 24.3 Å². The second-order valence-electron chi connectivity index (χ2n) is 10.8. The maximum absolute atomic E-state index is 14.2. The number of fused-ring (bicyclic) bond motifs is 2. The van der Waals surface area contributed by atoms with E-state index in [4.69, 9.17) is 9.47 Å². The molecule has 3 fully saturated rings. The number of nitrogens with one attached hydrogen (secondary N) is 1. The summed E-state index contributed by atoms with van der Waals surface area (Å²) in [6, 6.07) is -0.876. The monoisotopic (exact) mass is 515 g/mol. The molecule has 0 aromatic carbocycles. The molecule has 1 saturated carbocycles. The zero-order valence-corrected chi connectivity index (χ0v) is 21.3. The number of nitrogens with zero attached hydrogens (tertiary/aromatic N) is 2. The largest absolute Gasteiger partial charge is 0.460 e. The number of ether oxygens (including phenoxy) is 2. The minimum absolute atomic E-state index is 0.0199. The predicted octanol–water partition coefficient (Wildman–Crippen LogP) is 0.689. The Balaban J connectivity index is 1.54. The van der Waals surface area contributed by atoms with Gasteiger partial charge in [-0.2, -0.15) is 0 Å². The molecule has 1 spiro atoms. The van der Waals surface area contributed by atoms with Crippen molar-refractivity contribution in [1.82, 2.24) is 15.1 Å². The number of hydrogen-bond donors (Lipinski definition) is 2. The van der Waals surface area contributed by atoms with Gasteiger partial charge in [-0.05, 0) is 26.2 Å². The van der Waals surface area contributed by atoms with Crippen LogP contribution in [0, 0.1) is 11.8 Å². The third-order valence-corrected chi connectivity index (χ3v) is 8.42. The van der Waals surface area contributed by atoms with Crippen molar-refractivity contribution >= 4 is 23.7 Å². The minimum Gasteiger partial charge on any atom is -0.460 e. The van der Waals surface area contributed by atoms with Gasteiger partial charge in [0, 0.05) is 25.6 Å². The summed E-state index contributed by atoms with van der Waals surface area (Å²) < 4.78 is 12.3. The average molecular weight is 516 g/mol. The normalized spacial score (nSPS) is 38.1. The number of esters is 1. The van der Waals surface area contributed by atoms with Crippen molar-refractivity contribution in [3.63, 3.8) is 0 Å². The molecular formula is C27H37N3O7. The summed E-state index contributed by atoms with van der Waals surface area (Å²) in [6.07, 6.45) is 11.7. The number of hydrogen-bond acceptors (Lipinski definition) is 7. The fourth-order valence-corrected chi connectivity index (χ4v) is 6.75. The van der Waals surface area contributed by atoms with Gasteiger partial charge >= 0.3 is 5.97 Å². The Kier molecular flexibility index (Phi) is 7.40. The van der Waals surface area contributed by atoms with E-state index in [1.165, 1.54) is 4.90 Å². The van der Waals surface area contributed by atoms with Crippen molar-refractivity contribution in [2.45, 2.75) is 81.8 Å². The van der Waals surface area contributed by atoms with Crippen LogP contribution < -0.4 is 5.32 Å². The van der Waals surface area contributed by atoms with Crippen LogP contribution in [0.4, 0.5) is 0 Å². The summed E-state index contributed by atoms with van der Waals surface area (Å²) in [6.45, 7) is 1.95. The molecule has 10 heteroatoms. The van der Waals surface area contributed by atoms with Gasteiger partial charge in [0.25, 0.3) is 0 Å². The van der Waals surface area contributed by atoms with E-state index in [2.05, 4.69) is 5.32 Å². The first-order chi connectivity index (χ1) is 17.9. The molecule has 5 rings (SSSR count). The number of cyclic esters (lactones) is 1. The van der Waals surface area contributed by atoms with Crippen LogP contribution in [-0.4, -0.2) is 94.7 Å². The summed E-state index contributed by atoms with van der Waals surface area (Å²) in [5.41, 5.74) is -1.34. The minimum atomic E-state index is -1.34. The lowest BCUT2D eigenvalue weighted by atomic mass is 9.77. The summed E-state index contributed by atoms with van der Waals surface area (Å²) >= 11 is 0. The molecule has 0 unspecified atom stereocenters. The van der Waals surface area contributed by atoms with E-state index in [-0.39, 0.29) is 49.9 Å². The number of carbonyl (C=O) groups is 4. The number of carbonyl (C=O) groups excluding carboxylic acids is 4. The van der Waals surface area contributed by atoms with E-state index in [0.717, 1.165) is 32.1 Å². The van der Waals surface area contributed by atoms with E-state index in [1.54, 1.807) is 25.2 Å². The molecule has 0 bridgehead atoms. The number of allylic oxidation sites excluding steroid dienone is 1. The van der Waals surface area contributed by atoms with Gasteiger partial charge in [0.2, 0.25) is 17.7 Å². The maximum Gasteiger partial charge on any atom is 0.313 e. The molecule has 0 aromatic heterocycles. The van der Waals surface area contributed by atoms with Gasteiger partial charge in [-0.1, -0.05) is 43.6 Å². The van der Waals surface area contributed by atoms with Gasteiger partial charge in [0.1, 0.15) is 23.7 Å². The Morgan fingerprint density at radius 1 is 1.11 bits per heavy atom. The summed E-state index contributed by atoms with van der Waals surface area (Å²) in [5.74, 6) is -3.21. The van der Waals surface area contributed by atoms with Crippen molar-refractivity contribution in [1.29, 1.82) is 0 Å². The quantitative estimate of drug-likeness (QED) is 0.418. The Morgan fingerprint density at radius 2 is 1.89 bits per heavy atom. The Morgan fingerprint density at radius 3 is 2.65 bits per heavy atom. The highest BCUT2D eigenvalue weighted by molar-refractivity contribution is 5.99. The molecule has 4 heterocycles. The first-order valence-corrected chi connectivity index (χ1v) is 13.6. The Hall–Kier alpha value is -2.72. The maximum atomic E-state index is 14.2. The van der Waals surface area contributed by atoms with Gasteiger partial charge in [-0.25, -0.2) is 0 Å². The molecule has 37 heavy (non-hydrogen) atoms. The zero-order chi connectivity index (χ0) is 26.2. The van der Waals surface area contributed by atoms with E-state index in [9.17, 15) is 24.3 Å². The summed E-state index contributed by atoms with van der Waals surface area (Å²) in [7, 11) is 0. The first kappa shape index (κ1) is 25.9. The van der Waals surface area contributed by atoms with Crippen LogP contribution in [0.5, 0.6) is 0 Å². The molecule has 10 nitrogen and oxygen atoms in total. The molecule has 2 saturated heterocycles. The van der Waals surface area contributed by atoms with Crippen LogP contribution in [0.2, 0.25) is 0 Å². The molecule has 3 amide bonds. The smallest absolute Gasteiger partial charge is 0.313 e. The van der Waals surface area contributed by atoms with Gasteiger partial charge < -0.3 is 29.7 Å². The molecule has 6 atom stereocenters. The number of likely N-dealkylation sites (tertiary alicyclic amines) is 1. The second kappa shape index (κ2) is 10.6. The predicted molar refractivity (Wildman–Crippen MR) is 132 cm³/mol. The number of amides is 3. The first-order valence-electron chi connectivity index (χ1n) is 13.6. The number of aliphatic hydroxyl groups excluding tert-OH is 1. The van der Waals surface area contributed by atoms with Gasteiger partial charge in [-0.15, -0.1) is 0 Å². The third-order valence-electron chi connectivity index (χ3n) is 8.42. The van der Waals surface area contributed by atoms with Crippen LogP contribution in [0.3, 0.4) is 0 Å². The van der Waals surface area contributed by atoms with Crippen LogP contribution in [0.1, 0.15) is 51.9 Å². The van der Waals surface area contributed by atoms with E-state index in [0.29, 0.717) is 13.0 Å². The van der Waals surface area contributed by atoms with E-state index >= 15 is 0 Å². The van der Waals surface area contributed by atoms with E-state index in [1.807, 2.05) is 11.0 Å². The topological polar surface area (TPSA) is 125 Å². The fourth-order valence-electron chi connectivity index (χ4n) is 6.75. The van der Waals surface area contributed by atoms with Crippen molar-refractivity contribution in [3.8, 4) is 0 Å². The summed E-state index contributed by atoms with van der Waals surface area (Å²) in [5, 5.41) is 12.6. The lowest BCUT2D eigenvalue weighted by Gasteiger charge is -2.39. The van der Waals surface area contributed by atoms with Crippen molar-refractivity contribution in [2.75, 3.05) is 26.2 Å². The van der Waals surface area contributed by atoms with E-state index < -0.39 is 41.7 Å². The average Bonchev–Trinajstić information content (AvgIpc) is 3.26. The highest BCUT2D eigenvalue weighted by Crippen LogP contribution is 2.53. The zero-order valence-electron chi connectivity index (χ0n) is 21.3. The fraction of sp³-hybridized carbons (Fsp3) is 0.704. The second-order valence-corrected chi connectivity index (χ2v) is 10.8. The SMILES string of the molecule is C[C@@H]1CNC(=O)CC/C=C\[C@H]2O[C@]34C=CCN(C5CCCCC5)C(=O)[C@H]3N(CCO)C(=O)[C@@H]4[C@H]2C(=O)O1. The molecule has 2 N–H and O–H groups in total. The van der Waals surface area contributed by atoms with Crippen LogP contribution in [0.15, 0.2) is 24.3 Å². The molecule has 4 aliphatic heterocycles. The molecule has 0 aromatic rings. The van der Waals surface area contributed by atoms with Crippen LogP contribution in [0.25, 0.3) is 0 Å². The highest BCUT2D eigenvalue weighted by atomic mass is 16.6.